The van der Waals surface area contributed by atoms with Crippen LogP contribution in [-0.2, 0) is 24.4 Å². The van der Waals surface area contributed by atoms with Crippen LogP contribution in [0.25, 0.3) is 10.8 Å². The fraction of sp³-hybridized carbons (Fsp3) is 0.444. The van der Waals surface area contributed by atoms with E-state index < -0.39 is 79.7 Å². The molecule has 0 radical (unpaired) electrons. The van der Waals surface area contributed by atoms with Crippen LogP contribution in [0.3, 0.4) is 0 Å². The van der Waals surface area contributed by atoms with E-state index in [2.05, 4.69) is 26.9 Å². The third kappa shape index (κ3) is 7.30. The zero-order valence-electron chi connectivity index (χ0n) is 29.0. The maximum Gasteiger partial charge on any atom is 0.254 e. The van der Waals surface area contributed by atoms with Crippen molar-refractivity contribution in [2.24, 2.45) is 11.3 Å². The predicted molar refractivity (Wildman–Crippen MR) is 190 cm³/mol. The molecule has 2 saturated carbocycles. The summed E-state index contributed by atoms with van der Waals surface area (Å²) in [5.41, 5.74) is -2.17. The summed E-state index contributed by atoms with van der Waals surface area (Å²) in [6.07, 6.45) is 3.30. The van der Waals surface area contributed by atoms with E-state index in [1.807, 2.05) is 0 Å². The number of amides is 3. The van der Waals surface area contributed by atoms with Gasteiger partial charge in [-0.05, 0) is 55.0 Å². The average molecular weight is 760 g/mol. The van der Waals surface area contributed by atoms with Crippen LogP contribution >= 0.6 is 11.6 Å². The molecule has 52 heavy (non-hydrogen) atoms. The fourth-order valence-corrected chi connectivity index (χ4v) is 8.34. The highest BCUT2D eigenvalue weighted by Gasteiger charge is 2.67. The molecule has 2 aliphatic carbocycles. The van der Waals surface area contributed by atoms with Crippen molar-refractivity contribution < 1.29 is 41.1 Å². The van der Waals surface area contributed by atoms with E-state index >= 15 is 0 Å². The Bertz CT molecular complexity index is 2060. The first-order valence-corrected chi connectivity index (χ1v) is 18.7. The quantitative estimate of drug-likeness (QED) is 0.221. The monoisotopic (exact) mass is 759 g/mol. The van der Waals surface area contributed by atoms with Crippen molar-refractivity contribution in [1.29, 1.82) is 0 Å². The van der Waals surface area contributed by atoms with E-state index in [1.54, 1.807) is 49.9 Å². The SMILES string of the molecule is C=C[C@@H]1CC1(C(=O)NS(=O)(=O)C1CC1)N1C[C@H](Oc2ncc(OC)c3ccc(Cl)cc23)C[C@H]1C(=O)NC(=O)[C@@H](Nc1ccc(F)c(F)c1)C(C)(C)C. The number of sulfonamides is 1. The number of aromatic nitrogens is 1. The minimum absolute atomic E-state index is 0.0140. The van der Waals surface area contributed by atoms with Crippen molar-refractivity contribution in [2.45, 2.75) is 75.4 Å². The lowest BCUT2D eigenvalue weighted by molar-refractivity contribution is -0.136. The van der Waals surface area contributed by atoms with Gasteiger partial charge in [-0.1, -0.05) is 38.4 Å². The molecule has 278 valence electrons. The smallest absolute Gasteiger partial charge is 0.254 e. The number of methoxy groups -OCH3 is 1. The Kier molecular flexibility index (Phi) is 10.0. The van der Waals surface area contributed by atoms with E-state index in [0.29, 0.717) is 34.4 Å². The Hall–Kier alpha value is -4.34. The van der Waals surface area contributed by atoms with E-state index in [9.17, 15) is 31.6 Å². The second-order valence-electron chi connectivity index (χ2n) is 14.5. The van der Waals surface area contributed by atoms with Crippen LogP contribution in [0.2, 0.25) is 5.02 Å². The summed E-state index contributed by atoms with van der Waals surface area (Å²) in [4.78, 5) is 47.9. The lowest BCUT2D eigenvalue weighted by Crippen LogP contribution is -2.59. The molecule has 2 heterocycles. The molecule has 0 spiro atoms. The highest BCUT2D eigenvalue weighted by atomic mass is 35.5. The van der Waals surface area contributed by atoms with Crippen LogP contribution in [0, 0.1) is 23.0 Å². The number of hydrogen-bond acceptors (Lipinski definition) is 10. The Balaban J connectivity index is 1.31. The summed E-state index contributed by atoms with van der Waals surface area (Å²) in [5.74, 6) is -4.32. The molecule has 16 heteroatoms. The molecule has 12 nitrogen and oxygen atoms in total. The van der Waals surface area contributed by atoms with Gasteiger partial charge in [0.1, 0.15) is 23.4 Å². The minimum Gasteiger partial charge on any atom is -0.494 e. The van der Waals surface area contributed by atoms with Gasteiger partial charge in [0.25, 0.3) is 5.91 Å². The third-order valence-corrected chi connectivity index (χ3v) is 11.9. The summed E-state index contributed by atoms with van der Waals surface area (Å²) < 4.78 is 67.6. The first kappa shape index (κ1) is 37.4. The Morgan fingerprint density at radius 2 is 1.85 bits per heavy atom. The van der Waals surface area contributed by atoms with Crippen molar-refractivity contribution in [3.05, 3.63) is 71.9 Å². The summed E-state index contributed by atoms with van der Waals surface area (Å²) in [6.45, 7) is 9.03. The number of hydrogen-bond donors (Lipinski definition) is 3. The highest BCUT2D eigenvalue weighted by molar-refractivity contribution is 7.91. The predicted octanol–water partition coefficient (Wildman–Crippen LogP) is 4.72. The molecule has 1 aromatic heterocycles. The molecule has 1 saturated heterocycles. The molecule has 0 bridgehead atoms. The molecule has 3 aliphatic rings. The number of carbonyl (C=O) groups excluding carboxylic acids is 3. The fourth-order valence-electron chi connectivity index (χ4n) is 6.81. The zero-order chi connectivity index (χ0) is 37.7. The molecule has 1 aliphatic heterocycles. The summed E-state index contributed by atoms with van der Waals surface area (Å²) in [6, 6.07) is 5.98. The van der Waals surface area contributed by atoms with Crippen molar-refractivity contribution in [3.8, 4) is 11.6 Å². The van der Waals surface area contributed by atoms with Crippen molar-refractivity contribution in [2.75, 3.05) is 19.0 Å². The standard InChI is InChI=1S/C36H40ClF2N5O7S/c1-6-19-16-36(19,34(47)43-52(48,49)23-9-10-23)44-18-22(51-33-25-13-20(37)7-11-24(25)29(50-5)17-40-33)15-28(44)31(45)42-32(46)30(35(2,3)4)41-21-8-12-26(38)27(39)14-21/h6-8,11-14,17,19,22-23,28,30,41H,1,9-10,15-16,18H2,2-5H3,(H,43,47)(H,42,45,46)/t19-,22-,28+,30-,36?/m1/s1. The molecule has 3 fully saturated rings. The van der Waals surface area contributed by atoms with Gasteiger partial charge in [-0.3, -0.25) is 29.3 Å². The molecule has 3 N–H and O–H groups in total. The molecular weight excluding hydrogens is 720 g/mol. The number of nitrogens with one attached hydrogen (secondary N) is 3. The second-order valence-corrected chi connectivity index (χ2v) is 16.9. The third-order valence-electron chi connectivity index (χ3n) is 9.82. The van der Waals surface area contributed by atoms with Gasteiger partial charge in [0.15, 0.2) is 11.6 Å². The number of imide groups is 1. The molecule has 5 atom stereocenters. The van der Waals surface area contributed by atoms with Gasteiger partial charge in [-0.15, -0.1) is 6.58 Å². The number of likely N-dealkylation sites (tertiary alicyclic amines) is 1. The Labute approximate surface area is 305 Å². The van der Waals surface area contributed by atoms with Gasteiger partial charge < -0.3 is 14.8 Å². The van der Waals surface area contributed by atoms with Crippen molar-refractivity contribution in [1.82, 2.24) is 19.9 Å². The van der Waals surface area contributed by atoms with Gasteiger partial charge in [0.05, 0.1) is 24.6 Å². The number of rotatable bonds is 12. The zero-order valence-corrected chi connectivity index (χ0v) is 30.6. The van der Waals surface area contributed by atoms with Gasteiger partial charge >= 0.3 is 0 Å². The molecule has 1 unspecified atom stereocenters. The first-order valence-electron chi connectivity index (χ1n) is 16.8. The van der Waals surface area contributed by atoms with E-state index in [4.69, 9.17) is 21.1 Å². The summed E-state index contributed by atoms with van der Waals surface area (Å²) in [5, 5.41) is 6.32. The van der Waals surface area contributed by atoms with Crippen LogP contribution in [0.5, 0.6) is 11.6 Å². The highest BCUT2D eigenvalue weighted by Crippen LogP contribution is 2.53. The number of benzene rings is 2. The number of halogens is 3. The molecule has 3 amide bonds. The number of ether oxygens (including phenoxy) is 2. The Morgan fingerprint density at radius 3 is 2.46 bits per heavy atom. The summed E-state index contributed by atoms with van der Waals surface area (Å²) in [7, 11) is -2.44. The normalized spacial score (nSPS) is 23.8. The van der Waals surface area contributed by atoms with Crippen LogP contribution in [0.1, 0.15) is 46.5 Å². The maximum absolute atomic E-state index is 14.2. The lowest BCUT2D eigenvalue weighted by atomic mass is 9.85. The topological polar surface area (TPSA) is 156 Å². The lowest BCUT2D eigenvalue weighted by Gasteiger charge is -2.34. The molecule has 2 aromatic carbocycles. The number of carbonyl (C=O) groups is 3. The van der Waals surface area contributed by atoms with Gasteiger partial charge in [0, 0.05) is 46.4 Å². The summed E-state index contributed by atoms with van der Waals surface area (Å²) >= 11 is 6.32. The number of fused-ring (bicyclic) bond motifs is 1. The van der Waals surface area contributed by atoms with Gasteiger partial charge in [0.2, 0.25) is 27.7 Å². The van der Waals surface area contributed by atoms with Gasteiger partial charge in [-0.2, -0.15) is 0 Å². The second kappa shape index (κ2) is 13.9. The van der Waals surface area contributed by atoms with Crippen LogP contribution < -0.4 is 24.8 Å². The number of nitrogens with zero attached hydrogens (tertiary/aromatic N) is 2. The van der Waals surface area contributed by atoms with E-state index in [1.165, 1.54) is 19.4 Å². The largest absolute Gasteiger partial charge is 0.494 e. The molecule has 3 aromatic rings. The van der Waals surface area contributed by atoms with Crippen LogP contribution in [0.4, 0.5) is 14.5 Å². The number of anilines is 1. The van der Waals surface area contributed by atoms with Crippen molar-refractivity contribution in [3.63, 3.8) is 0 Å². The Morgan fingerprint density at radius 1 is 1.12 bits per heavy atom. The molecular formula is C36H40ClF2N5O7S. The average Bonchev–Trinajstić information content (AvgIpc) is 4.01. The van der Waals surface area contributed by atoms with Gasteiger partial charge in [-0.25, -0.2) is 22.2 Å². The van der Waals surface area contributed by atoms with Crippen LogP contribution in [0.15, 0.2) is 55.3 Å². The van der Waals surface area contributed by atoms with Crippen molar-refractivity contribution >= 4 is 55.8 Å². The van der Waals surface area contributed by atoms with Crippen LogP contribution in [-0.4, -0.2) is 78.7 Å². The maximum atomic E-state index is 14.2. The van der Waals surface area contributed by atoms with E-state index in [0.717, 1.165) is 12.1 Å². The molecule has 6 rings (SSSR count). The number of pyridine rings is 1. The first-order chi connectivity index (χ1) is 24.5. The minimum atomic E-state index is -3.95. The van der Waals surface area contributed by atoms with E-state index in [-0.39, 0.29) is 31.0 Å².